The lowest BCUT2D eigenvalue weighted by molar-refractivity contribution is 0.0732. The largest absolute Gasteiger partial charge is 0.336 e. The van der Waals surface area contributed by atoms with Crippen LogP contribution in [0, 0.1) is 0 Å². The van der Waals surface area contributed by atoms with Crippen LogP contribution in [-0.2, 0) is 0 Å². The van der Waals surface area contributed by atoms with Crippen molar-refractivity contribution in [3.8, 4) is 0 Å². The van der Waals surface area contributed by atoms with Crippen LogP contribution in [0.25, 0.3) is 0 Å². The van der Waals surface area contributed by atoms with E-state index < -0.39 is 0 Å². The van der Waals surface area contributed by atoms with E-state index in [1.165, 1.54) is 6.92 Å². The van der Waals surface area contributed by atoms with E-state index in [4.69, 9.17) is 0 Å². The summed E-state index contributed by atoms with van der Waals surface area (Å²) in [6, 6.07) is 4.88. The number of carbonyl (C=O) groups is 3. The second kappa shape index (κ2) is 14.9. The Hall–Kier alpha value is -2.33. The van der Waals surface area contributed by atoms with Crippen LogP contribution in [0.2, 0.25) is 0 Å². The Labute approximate surface area is 212 Å². The summed E-state index contributed by atoms with van der Waals surface area (Å²) in [5, 5.41) is 0. The van der Waals surface area contributed by atoms with Crippen LogP contribution in [0.1, 0.15) is 38.0 Å². The number of Topliss-reactive ketones (excluding diaryl/α,β-unsaturated/α-hetero) is 1. The van der Waals surface area contributed by atoms with Gasteiger partial charge in [0.15, 0.2) is 5.78 Å². The fourth-order valence-electron chi connectivity index (χ4n) is 3.36. The van der Waals surface area contributed by atoms with Crippen molar-refractivity contribution in [2.24, 2.45) is 0 Å². The van der Waals surface area contributed by atoms with Crippen LogP contribution in [0.5, 0.6) is 0 Å². The van der Waals surface area contributed by atoms with Crippen molar-refractivity contribution in [2.75, 3.05) is 109 Å². The van der Waals surface area contributed by atoms with Crippen LogP contribution < -0.4 is 0 Å². The third kappa shape index (κ3) is 11.3. The SMILES string of the molecule is CC(=O)c1cc(C(=O)N(CCN(C)C)CCN(C)C)cc(C(=O)N(CCN(C)C)CCN(C)C)c1. The van der Waals surface area contributed by atoms with Gasteiger partial charge in [0.1, 0.15) is 0 Å². The van der Waals surface area contributed by atoms with Gasteiger partial charge >= 0.3 is 0 Å². The molecule has 198 valence electrons. The molecule has 0 saturated carbocycles. The zero-order valence-corrected chi connectivity index (χ0v) is 23.3. The van der Waals surface area contributed by atoms with Crippen LogP contribution in [0.3, 0.4) is 0 Å². The molecule has 9 heteroatoms. The molecule has 1 rings (SSSR count). The maximum Gasteiger partial charge on any atom is 0.253 e. The summed E-state index contributed by atoms with van der Waals surface area (Å²) >= 11 is 0. The van der Waals surface area contributed by atoms with E-state index in [9.17, 15) is 14.4 Å². The normalized spacial score (nSPS) is 11.6. The van der Waals surface area contributed by atoms with Gasteiger partial charge < -0.3 is 29.4 Å². The molecule has 0 saturated heterocycles. The molecule has 0 aliphatic heterocycles. The topological polar surface area (TPSA) is 70.6 Å². The molecule has 1 aromatic carbocycles. The molecule has 0 unspecified atom stereocenters. The molecule has 0 aliphatic rings. The Bertz CT molecular complexity index is 756. The fraction of sp³-hybridized carbons (Fsp3) is 0.654. The zero-order valence-electron chi connectivity index (χ0n) is 23.3. The van der Waals surface area contributed by atoms with Gasteiger partial charge in [-0.25, -0.2) is 0 Å². The van der Waals surface area contributed by atoms with Crippen molar-refractivity contribution in [1.82, 2.24) is 29.4 Å². The molecule has 2 amide bonds. The molecule has 1 aromatic rings. The Morgan fingerprint density at radius 3 is 0.971 bits per heavy atom. The van der Waals surface area contributed by atoms with Crippen molar-refractivity contribution < 1.29 is 14.4 Å². The first kappa shape index (κ1) is 30.7. The molecule has 35 heavy (non-hydrogen) atoms. The Kier molecular flexibility index (Phi) is 13.1. The Morgan fingerprint density at radius 2 is 0.743 bits per heavy atom. The van der Waals surface area contributed by atoms with Gasteiger partial charge in [0.25, 0.3) is 11.8 Å². The van der Waals surface area contributed by atoms with Gasteiger partial charge in [-0.1, -0.05) is 0 Å². The van der Waals surface area contributed by atoms with E-state index in [1.807, 2.05) is 76.0 Å². The first-order chi connectivity index (χ1) is 16.3. The van der Waals surface area contributed by atoms with Crippen LogP contribution >= 0.6 is 0 Å². The van der Waals surface area contributed by atoms with Crippen LogP contribution in [-0.4, -0.2) is 156 Å². The molecular weight excluding hydrogens is 444 g/mol. The maximum atomic E-state index is 13.6. The molecule has 0 spiro atoms. The van der Waals surface area contributed by atoms with Gasteiger partial charge in [-0.3, -0.25) is 14.4 Å². The number of carbonyl (C=O) groups excluding carboxylic acids is 3. The molecule has 0 radical (unpaired) electrons. The Morgan fingerprint density at radius 1 is 0.486 bits per heavy atom. The number of amides is 2. The summed E-state index contributed by atoms with van der Waals surface area (Å²) in [6.07, 6.45) is 0. The number of hydrogen-bond acceptors (Lipinski definition) is 7. The molecule has 9 nitrogen and oxygen atoms in total. The number of likely N-dealkylation sites (N-methyl/N-ethyl adjacent to an activating group) is 4. The molecule has 0 heterocycles. The smallest absolute Gasteiger partial charge is 0.253 e. The van der Waals surface area contributed by atoms with Crippen molar-refractivity contribution in [1.29, 1.82) is 0 Å². The second-order valence-corrected chi connectivity index (χ2v) is 10.2. The molecule has 0 fully saturated rings. The number of ketones is 1. The van der Waals surface area contributed by atoms with Crippen LogP contribution in [0.4, 0.5) is 0 Å². The predicted octanol–water partition coefficient (Wildman–Crippen LogP) is 1.02. The molecule has 0 aromatic heterocycles. The lowest BCUT2D eigenvalue weighted by Crippen LogP contribution is -2.41. The third-order valence-corrected chi connectivity index (χ3v) is 5.68. The van der Waals surface area contributed by atoms with Crippen molar-refractivity contribution in [3.05, 3.63) is 34.9 Å². The number of nitrogens with zero attached hydrogens (tertiary/aromatic N) is 6. The number of rotatable bonds is 15. The highest BCUT2D eigenvalue weighted by Gasteiger charge is 2.22. The average molecular weight is 491 g/mol. The highest BCUT2D eigenvalue weighted by atomic mass is 16.2. The average Bonchev–Trinajstić information content (AvgIpc) is 2.77. The number of hydrogen-bond donors (Lipinski definition) is 0. The predicted molar refractivity (Wildman–Crippen MR) is 142 cm³/mol. The van der Waals surface area contributed by atoms with Gasteiger partial charge in [0, 0.05) is 69.0 Å². The molecule has 0 bridgehead atoms. The molecule has 0 atom stereocenters. The lowest BCUT2D eigenvalue weighted by Gasteiger charge is -2.27. The van der Waals surface area contributed by atoms with E-state index in [0.717, 1.165) is 26.2 Å². The standard InChI is InChI=1S/C26H46N6O3/c1-21(33)22-18-23(25(34)31(14-10-27(2)3)15-11-28(4)5)20-24(19-22)26(35)32(16-12-29(6)7)17-13-30(8)9/h18-20H,10-17H2,1-9H3. The quantitative estimate of drug-likeness (QED) is 0.340. The summed E-state index contributed by atoms with van der Waals surface area (Å²) in [7, 11) is 15.8. The molecule has 0 aliphatic carbocycles. The lowest BCUT2D eigenvalue weighted by atomic mass is 10.0. The van der Waals surface area contributed by atoms with Gasteiger partial charge in [0.05, 0.1) is 0 Å². The van der Waals surface area contributed by atoms with Gasteiger partial charge in [-0.2, -0.15) is 0 Å². The van der Waals surface area contributed by atoms with Gasteiger partial charge in [0.2, 0.25) is 0 Å². The first-order valence-corrected chi connectivity index (χ1v) is 12.1. The monoisotopic (exact) mass is 490 g/mol. The summed E-state index contributed by atoms with van der Waals surface area (Å²) < 4.78 is 0. The minimum atomic E-state index is -0.171. The van der Waals surface area contributed by atoms with Gasteiger partial charge in [-0.05, 0) is 81.5 Å². The first-order valence-electron chi connectivity index (χ1n) is 12.1. The third-order valence-electron chi connectivity index (χ3n) is 5.68. The minimum Gasteiger partial charge on any atom is -0.336 e. The van der Waals surface area contributed by atoms with E-state index >= 15 is 0 Å². The summed E-state index contributed by atoms with van der Waals surface area (Å²) in [5.74, 6) is -0.507. The van der Waals surface area contributed by atoms with Crippen LogP contribution in [0.15, 0.2) is 18.2 Å². The van der Waals surface area contributed by atoms with E-state index in [-0.39, 0.29) is 17.6 Å². The Balaban J connectivity index is 3.35. The number of benzene rings is 1. The van der Waals surface area contributed by atoms with E-state index in [0.29, 0.717) is 42.9 Å². The highest BCUT2D eigenvalue weighted by Crippen LogP contribution is 2.16. The van der Waals surface area contributed by atoms with Crippen molar-refractivity contribution in [2.45, 2.75) is 6.92 Å². The summed E-state index contributed by atoms with van der Waals surface area (Å²) in [6.45, 7) is 6.59. The van der Waals surface area contributed by atoms with Crippen molar-refractivity contribution in [3.63, 3.8) is 0 Å². The molecular formula is C26H46N6O3. The zero-order chi connectivity index (χ0) is 26.7. The molecule has 0 N–H and O–H groups in total. The highest BCUT2D eigenvalue weighted by molar-refractivity contribution is 6.04. The van der Waals surface area contributed by atoms with Crippen molar-refractivity contribution >= 4 is 17.6 Å². The summed E-state index contributed by atoms with van der Waals surface area (Å²) in [4.78, 5) is 51.2. The minimum absolute atomic E-state index is 0.168. The maximum absolute atomic E-state index is 13.6. The van der Waals surface area contributed by atoms with E-state index in [1.54, 1.807) is 28.0 Å². The summed E-state index contributed by atoms with van der Waals surface area (Å²) in [5.41, 5.74) is 1.12. The van der Waals surface area contributed by atoms with E-state index in [2.05, 4.69) is 0 Å². The second-order valence-electron chi connectivity index (χ2n) is 10.2. The van der Waals surface area contributed by atoms with Gasteiger partial charge in [-0.15, -0.1) is 0 Å². The fourth-order valence-corrected chi connectivity index (χ4v) is 3.36.